The summed E-state index contributed by atoms with van der Waals surface area (Å²) in [6.45, 7) is 11.3. The predicted molar refractivity (Wildman–Crippen MR) is 116 cm³/mol. The van der Waals surface area contributed by atoms with Crippen molar-refractivity contribution in [2.75, 3.05) is 58.6 Å². The van der Waals surface area contributed by atoms with E-state index in [9.17, 15) is 8.42 Å². The molecule has 1 heterocycles. The molecule has 2 rings (SSSR count). The van der Waals surface area contributed by atoms with Crippen LogP contribution in [0.1, 0.15) is 25.8 Å². The van der Waals surface area contributed by atoms with Gasteiger partial charge in [-0.05, 0) is 18.9 Å². The average molecular weight is 410 g/mol. The van der Waals surface area contributed by atoms with Crippen LogP contribution in [0.5, 0.6) is 0 Å². The fraction of sp³-hybridized carbons (Fsp3) is 0.650. The molecule has 1 aromatic carbocycles. The van der Waals surface area contributed by atoms with Gasteiger partial charge >= 0.3 is 0 Å². The van der Waals surface area contributed by atoms with E-state index in [0.29, 0.717) is 19.6 Å². The van der Waals surface area contributed by atoms with E-state index in [1.54, 1.807) is 0 Å². The van der Waals surface area contributed by atoms with Crippen molar-refractivity contribution in [3.05, 3.63) is 35.9 Å². The van der Waals surface area contributed by atoms with Crippen molar-refractivity contribution >= 4 is 16.0 Å². The standard InChI is InChI=1S/C20H35N5O2S/c1-4-21-20(22-12-9-13-25(5-2)28(3,26)27)24-16-14-23(15-17-24)18-19-10-7-6-8-11-19/h6-8,10-11H,4-5,9,12-18H2,1-3H3,(H,21,22). The molecule has 0 spiro atoms. The summed E-state index contributed by atoms with van der Waals surface area (Å²) in [6.07, 6.45) is 1.99. The molecule has 0 amide bonds. The average Bonchev–Trinajstić information content (AvgIpc) is 2.67. The molecular formula is C20H35N5O2S. The van der Waals surface area contributed by atoms with Crippen molar-refractivity contribution in [3.8, 4) is 0 Å². The Hall–Kier alpha value is -1.64. The van der Waals surface area contributed by atoms with Gasteiger partial charge < -0.3 is 10.2 Å². The molecule has 1 N–H and O–H groups in total. The number of piperazine rings is 1. The first-order valence-electron chi connectivity index (χ1n) is 10.2. The Labute approximate surface area is 170 Å². The molecule has 0 aliphatic carbocycles. The molecule has 8 heteroatoms. The Kier molecular flexibility index (Phi) is 9.21. The molecule has 7 nitrogen and oxygen atoms in total. The van der Waals surface area contributed by atoms with Crippen LogP contribution in [0.3, 0.4) is 0 Å². The summed E-state index contributed by atoms with van der Waals surface area (Å²) in [5, 5.41) is 3.37. The zero-order valence-corrected chi connectivity index (χ0v) is 18.3. The molecule has 0 atom stereocenters. The molecule has 1 aliphatic heterocycles. The van der Waals surface area contributed by atoms with Crippen LogP contribution in [0.2, 0.25) is 0 Å². The maximum atomic E-state index is 11.7. The highest BCUT2D eigenvalue weighted by atomic mass is 32.2. The quantitative estimate of drug-likeness (QED) is 0.380. The minimum absolute atomic E-state index is 0.506. The zero-order chi connectivity index (χ0) is 20.4. The fourth-order valence-corrected chi connectivity index (χ4v) is 4.31. The predicted octanol–water partition coefficient (Wildman–Crippen LogP) is 1.44. The van der Waals surface area contributed by atoms with E-state index in [1.807, 2.05) is 6.92 Å². The second-order valence-corrected chi connectivity index (χ2v) is 9.08. The Morgan fingerprint density at radius 1 is 1.14 bits per heavy atom. The van der Waals surface area contributed by atoms with Crippen LogP contribution >= 0.6 is 0 Å². The number of sulfonamides is 1. The van der Waals surface area contributed by atoms with Crippen LogP contribution in [0.4, 0.5) is 0 Å². The van der Waals surface area contributed by atoms with Crippen LogP contribution in [0.25, 0.3) is 0 Å². The van der Waals surface area contributed by atoms with Crippen LogP contribution in [-0.2, 0) is 16.6 Å². The normalized spacial score (nSPS) is 16.6. The van der Waals surface area contributed by atoms with Gasteiger partial charge in [0.05, 0.1) is 6.26 Å². The van der Waals surface area contributed by atoms with Gasteiger partial charge in [0.2, 0.25) is 10.0 Å². The molecule has 1 aromatic rings. The Morgan fingerprint density at radius 3 is 2.39 bits per heavy atom. The number of hydrogen-bond donors (Lipinski definition) is 1. The molecule has 0 radical (unpaired) electrons. The van der Waals surface area contributed by atoms with E-state index < -0.39 is 10.0 Å². The van der Waals surface area contributed by atoms with Crippen molar-refractivity contribution in [1.29, 1.82) is 0 Å². The SMILES string of the molecule is CCNC(=NCCCN(CC)S(C)(=O)=O)N1CCN(Cc2ccccc2)CC1. The topological polar surface area (TPSA) is 68.2 Å². The zero-order valence-electron chi connectivity index (χ0n) is 17.5. The van der Waals surface area contributed by atoms with Crippen LogP contribution in [0.15, 0.2) is 35.3 Å². The van der Waals surface area contributed by atoms with Gasteiger partial charge in [0.25, 0.3) is 0 Å². The molecule has 0 saturated carbocycles. The van der Waals surface area contributed by atoms with Crippen LogP contribution in [0, 0.1) is 0 Å². The maximum absolute atomic E-state index is 11.7. The lowest BCUT2D eigenvalue weighted by Gasteiger charge is -2.36. The van der Waals surface area contributed by atoms with Gasteiger partial charge in [0.15, 0.2) is 5.96 Å². The second-order valence-electron chi connectivity index (χ2n) is 7.09. The Balaban J connectivity index is 1.82. The third-order valence-corrected chi connectivity index (χ3v) is 6.28. The number of nitrogens with one attached hydrogen (secondary N) is 1. The number of guanidine groups is 1. The first-order chi connectivity index (χ1) is 13.4. The van der Waals surface area contributed by atoms with Gasteiger partial charge in [-0.1, -0.05) is 37.3 Å². The minimum Gasteiger partial charge on any atom is -0.357 e. The second kappa shape index (κ2) is 11.4. The molecule has 0 unspecified atom stereocenters. The third kappa shape index (κ3) is 7.41. The molecule has 1 aliphatic rings. The van der Waals surface area contributed by atoms with Crippen molar-refractivity contribution in [2.45, 2.75) is 26.8 Å². The molecule has 1 fully saturated rings. The summed E-state index contributed by atoms with van der Waals surface area (Å²) in [5.41, 5.74) is 1.35. The fourth-order valence-electron chi connectivity index (χ4n) is 3.38. The van der Waals surface area contributed by atoms with Crippen molar-refractivity contribution in [1.82, 2.24) is 19.4 Å². The monoisotopic (exact) mass is 409 g/mol. The third-order valence-electron chi connectivity index (χ3n) is 4.90. The van der Waals surface area contributed by atoms with E-state index in [1.165, 1.54) is 16.1 Å². The van der Waals surface area contributed by atoms with Crippen molar-refractivity contribution in [2.24, 2.45) is 4.99 Å². The molecular weight excluding hydrogens is 374 g/mol. The summed E-state index contributed by atoms with van der Waals surface area (Å²) in [7, 11) is -3.13. The molecule has 158 valence electrons. The summed E-state index contributed by atoms with van der Waals surface area (Å²) < 4.78 is 24.8. The summed E-state index contributed by atoms with van der Waals surface area (Å²) >= 11 is 0. The molecule has 28 heavy (non-hydrogen) atoms. The van der Waals surface area contributed by atoms with E-state index in [2.05, 4.69) is 52.4 Å². The molecule has 1 saturated heterocycles. The number of benzene rings is 1. The van der Waals surface area contributed by atoms with E-state index >= 15 is 0 Å². The van der Waals surface area contributed by atoms with Crippen molar-refractivity contribution < 1.29 is 8.42 Å². The smallest absolute Gasteiger partial charge is 0.211 e. The van der Waals surface area contributed by atoms with Gasteiger partial charge in [0.1, 0.15) is 0 Å². The Bertz CT molecular complexity index is 701. The lowest BCUT2D eigenvalue weighted by atomic mass is 10.2. The van der Waals surface area contributed by atoms with Crippen LogP contribution < -0.4 is 5.32 Å². The highest BCUT2D eigenvalue weighted by molar-refractivity contribution is 7.88. The van der Waals surface area contributed by atoms with Gasteiger partial charge in [0, 0.05) is 58.9 Å². The van der Waals surface area contributed by atoms with Gasteiger partial charge in [-0.15, -0.1) is 0 Å². The van der Waals surface area contributed by atoms with E-state index in [-0.39, 0.29) is 0 Å². The van der Waals surface area contributed by atoms with Gasteiger partial charge in [-0.25, -0.2) is 12.7 Å². The molecule has 0 aromatic heterocycles. The largest absolute Gasteiger partial charge is 0.357 e. The highest BCUT2D eigenvalue weighted by Crippen LogP contribution is 2.09. The number of rotatable bonds is 9. The van der Waals surface area contributed by atoms with E-state index in [4.69, 9.17) is 4.99 Å². The number of hydrogen-bond acceptors (Lipinski definition) is 4. The summed E-state index contributed by atoms with van der Waals surface area (Å²) in [4.78, 5) is 9.50. The Morgan fingerprint density at radius 2 is 1.82 bits per heavy atom. The summed E-state index contributed by atoms with van der Waals surface area (Å²) in [6, 6.07) is 10.6. The van der Waals surface area contributed by atoms with Gasteiger partial charge in [-0.2, -0.15) is 0 Å². The van der Waals surface area contributed by atoms with E-state index in [0.717, 1.165) is 51.6 Å². The van der Waals surface area contributed by atoms with Crippen LogP contribution in [-0.4, -0.2) is 87.1 Å². The first-order valence-corrected chi connectivity index (χ1v) is 12.0. The number of nitrogens with zero attached hydrogens (tertiary/aromatic N) is 4. The minimum atomic E-state index is -3.13. The highest BCUT2D eigenvalue weighted by Gasteiger charge is 2.19. The number of aliphatic imine (C=N–C) groups is 1. The molecule has 0 bridgehead atoms. The maximum Gasteiger partial charge on any atom is 0.211 e. The lowest BCUT2D eigenvalue weighted by Crippen LogP contribution is -2.52. The van der Waals surface area contributed by atoms with Gasteiger partial charge in [-0.3, -0.25) is 9.89 Å². The van der Waals surface area contributed by atoms with Crippen molar-refractivity contribution in [3.63, 3.8) is 0 Å². The first kappa shape index (κ1) is 22.6. The summed E-state index contributed by atoms with van der Waals surface area (Å²) in [5.74, 6) is 0.935. The lowest BCUT2D eigenvalue weighted by molar-refractivity contribution is 0.172.